The summed E-state index contributed by atoms with van der Waals surface area (Å²) in [6.07, 6.45) is 3.06. The number of amides is 1. The van der Waals surface area contributed by atoms with E-state index in [0.717, 1.165) is 43.7 Å². The molecule has 3 aromatic rings. The van der Waals surface area contributed by atoms with Gasteiger partial charge in [0.1, 0.15) is 5.82 Å². The summed E-state index contributed by atoms with van der Waals surface area (Å²) in [6.45, 7) is 4.55. The maximum absolute atomic E-state index is 13.0. The van der Waals surface area contributed by atoms with Crippen molar-refractivity contribution in [3.8, 4) is 5.88 Å². The lowest BCUT2D eigenvalue weighted by atomic mass is 9.96. The van der Waals surface area contributed by atoms with Crippen LogP contribution in [-0.4, -0.2) is 50.3 Å². The monoisotopic (exact) mass is 381 g/mol. The number of ether oxygens (including phenoxy) is 1. The van der Waals surface area contributed by atoms with Crippen molar-refractivity contribution < 1.29 is 9.53 Å². The second-order valence-electron chi connectivity index (χ2n) is 7.40. The van der Waals surface area contributed by atoms with Gasteiger partial charge >= 0.3 is 0 Å². The van der Waals surface area contributed by atoms with Gasteiger partial charge in [-0.3, -0.25) is 4.79 Å². The van der Waals surface area contributed by atoms with Crippen LogP contribution in [0.5, 0.6) is 5.88 Å². The Labute approximate surface area is 164 Å². The van der Waals surface area contributed by atoms with E-state index in [9.17, 15) is 4.79 Å². The summed E-state index contributed by atoms with van der Waals surface area (Å²) in [7, 11) is 3.36. The summed E-state index contributed by atoms with van der Waals surface area (Å²) < 4.78 is 9.17. The molecule has 3 heterocycles. The number of benzene rings is 1. The lowest BCUT2D eigenvalue weighted by Gasteiger charge is -2.32. The van der Waals surface area contributed by atoms with Crippen molar-refractivity contribution in [2.75, 3.05) is 20.2 Å². The average molecular weight is 381 g/mol. The van der Waals surface area contributed by atoms with Gasteiger partial charge in [0.2, 0.25) is 5.88 Å². The minimum atomic E-state index is -0.0400. The van der Waals surface area contributed by atoms with Crippen LogP contribution in [0, 0.1) is 0 Å². The highest BCUT2D eigenvalue weighted by molar-refractivity contribution is 5.92. The molecule has 28 heavy (non-hydrogen) atoms. The van der Waals surface area contributed by atoms with Crippen LogP contribution >= 0.6 is 0 Å². The van der Waals surface area contributed by atoms with E-state index in [-0.39, 0.29) is 11.8 Å². The minimum Gasteiger partial charge on any atom is -0.481 e. The molecule has 7 heteroatoms. The summed E-state index contributed by atoms with van der Waals surface area (Å²) >= 11 is 0. The quantitative estimate of drug-likeness (QED) is 0.681. The highest BCUT2D eigenvalue weighted by Crippen LogP contribution is 2.30. The van der Waals surface area contributed by atoms with Crippen LogP contribution in [0.2, 0.25) is 0 Å². The maximum atomic E-state index is 13.0. The first-order valence-electron chi connectivity index (χ1n) is 9.94. The second kappa shape index (κ2) is 7.66. The number of carbonyl (C=O) groups excluding carboxylic acids is 1. The molecule has 0 radical (unpaired) electrons. The molecule has 1 aliphatic rings. The van der Waals surface area contributed by atoms with Crippen LogP contribution in [0.25, 0.3) is 11.0 Å². The zero-order chi connectivity index (χ0) is 19.7. The van der Waals surface area contributed by atoms with E-state index < -0.39 is 0 Å². The summed E-state index contributed by atoms with van der Waals surface area (Å²) in [5.74, 6) is 1.88. The lowest BCUT2D eigenvalue weighted by Crippen LogP contribution is -2.40. The summed E-state index contributed by atoms with van der Waals surface area (Å²) in [4.78, 5) is 19.9. The van der Waals surface area contributed by atoms with Gasteiger partial charge in [0.05, 0.1) is 18.1 Å². The average Bonchev–Trinajstić information content (AvgIpc) is 3.28. The number of hydrogen-bond acceptors (Lipinski definition) is 4. The van der Waals surface area contributed by atoms with Crippen LogP contribution < -0.4 is 4.74 Å². The number of likely N-dealkylation sites (tertiary alicyclic amines) is 1. The number of carbonyl (C=O) groups is 1. The predicted molar refractivity (Wildman–Crippen MR) is 108 cm³/mol. The van der Waals surface area contributed by atoms with Gasteiger partial charge in [-0.15, -0.1) is 0 Å². The molecule has 1 aromatic carbocycles. The molecule has 1 aliphatic heterocycles. The molecule has 4 rings (SSSR count). The fourth-order valence-corrected chi connectivity index (χ4v) is 4.14. The third-order valence-electron chi connectivity index (χ3n) is 5.47. The number of imidazole rings is 1. The molecule has 0 aliphatic carbocycles. The molecular weight excluding hydrogens is 354 g/mol. The first-order chi connectivity index (χ1) is 13.6. The molecule has 1 unspecified atom stereocenters. The van der Waals surface area contributed by atoms with Gasteiger partial charge in [-0.1, -0.05) is 19.1 Å². The highest BCUT2D eigenvalue weighted by atomic mass is 16.5. The van der Waals surface area contributed by atoms with Crippen LogP contribution in [0.3, 0.4) is 0 Å². The van der Waals surface area contributed by atoms with E-state index in [1.165, 1.54) is 5.52 Å². The molecule has 0 bridgehead atoms. The first kappa shape index (κ1) is 18.5. The van der Waals surface area contributed by atoms with E-state index in [0.29, 0.717) is 18.1 Å². The number of para-hydroxylation sites is 2. The molecule has 2 aromatic heterocycles. The third-order valence-corrected chi connectivity index (χ3v) is 5.47. The Hall–Kier alpha value is -2.83. The number of rotatable bonds is 5. The number of aryl methyl sites for hydroxylation is 2. The number of piperidine rings is 1. The van der Waals surface area contributed by atoms with Gasteiger partial charge in [-0.05, 0) is 31.4 Å². The van der Waals surface area contributed by atoms with Crippen LogP contribution in [0.15, 0.2) is 30.3 Å². The largest absolute Gasteiger partial charge is 0.481 e. The van der Waals surface area contributed by atoms with E-state index >= 15 is 0 Å². The Morgan fingerprint density at radius 1 is 1.32 bits per heavy atom. The summed E-state index contributed by atoms with van der Waals surface area (Å²) in [5, 5.41) is 4.32. The first-order valence-corrected chi connectivity index (χ1v) is 9.94. The molecule has 7 nitrogen and oxygen atoms in total. The molecule has 1 amide bonds. The molecule has 1 saturated heterocycles. The van der Waals surface area contributed by atoms with E-state index in [1.807, 2.05) is 11.0 Å². The number of nitrogens with zero attached hydrogens (tertiary/aromatic N) is 5. The van der Waals surface area contributed by atoms with Gasteiger partial charge in [0.25, 0.3) is 5.91 Å². The zero-order valence-corrected chi connectivity index (χ0v) is 16.8. The van der Waals surface area contributed by atoms with Crippen molar-refractivity contribution in [3.63, 3.8) is 0 Å². The Balaban J connectivity index is 1.61. The van der Waals surface area contributed by atoms with Gasteiger partial charge in [0, 0.05) is 38.7 Å². The Morgan fingerprint density at radius 2 is 2.14 bits per heavy atom. The standard InChI is InChI=1S/C21H27N5O2/c1-4-11-26-18-10-6-5-9-16(18)22-20(26)15-8-7-12-25(14-15)21(27)17-13-19(28-3)24(2)23-17/h5-6,9-10,13,15H,4,7-8,11-12,14H2,1-3H3. The molecular formula is C21H27N5O2. The van der Waals surface area contributed by atoms with Gasteiger partial charge < -0.3 is 14.2 Å². The van der Waals surface area contributed by atoms with Crippen molar-refractivity contribution in [3.05, 3.63) is 41.9 Å². The van der Waals surface area contributed by atoms with Gasteiger partial charge in [-0.2, -0.15) is 5.10 Å². The van der Waals surface area contributed by atoms with Crippen LogP contribution in [0.4, 0.5) is 0 Å². The SMILES string of the molecule is CCCn1c(C2CCCN(C(=O)c3cc(OC)n(C)n3)C2)nc2ccccc21. The van der Waals surface area contributed by atoms with Crippen molar-refractivity contribution >= 4 is 16.9 Å². The summed E-state index contributed by atoms with van der Waals surface area (Å²) in [6, 6.07) is 9.99. The summed E-state index contributed by atoms with van der Waals surface area (Å²) in [5.41, 5.74) is 2.64. The zero-order valence-electron chi connectivity index (χ0n) is 16.8. The Bertz CT molecular complexity index is 990. The van der Waals surface area contributed by atoms with E-state index in [4.69, 9.17) is 9.72 Å². The molecule has 1 atom stereocenters. The lowest BCUT2D eigenvalue weighted by molar-refractivity contribution is 0.0696. The second-order valence-corrected chi connectivity index (χ2v) is 7.40. The van der Waals surface area contributed by atoms with Crippen molar-refractivity contribution in [2.24, 2.45) is 7.05 Å². The van der Waals surface area contributed by atoms with Crippen molar-refractivity contribution in [2.45, 2.75) is 38.6 Å². The molecule has 0 saturated carbocycles. The van der Waals surface area contributed by atoms with Crippen molar-refractivity contribution in [1.82, 2.24) is 24.2 Å². The molecule has 148 valence electrons. The van der Waals surface area contributed by atoms with Crippen LogP contribution in [-0.2, 0) is 13.6 Å². The molecule has 0 spiro atoms. The highest BCUT2D eigenvalue weighted by Gasteiger charge is 2.30. The fourth-order valence-electron chi connectivity index (χ4n) is 4.14. The fraction of sp³-hybridized carbons (Fsp3) is 0.476. The Kier molecular flexibility index (Phi) is 5.07. The maximum Gasteiger partial charge on any atom is 0.274 e. The third kappa shape index (κ3) is 3.25. The van der Waals surface area contributed by atoms with Gasteiger partial charge in [0.15, 0.2) is 5.69 Å². The topological polar surface area (TPSA) is 65.2 Å². The normalized spacial score (nSPS) is 17.2. The van der Waals surface area contributed by atoms with Gasteiger partial charge in [-0.25, -0.2) is 9.67 Å². The minimum absolute atomic E-state index is 0.0400. The smallest absolute Gasteiger partial charge is 0.274 e. The van der Waals surface area contributed by atoms with E-state index in [1.54, 1.807) is 24.9 Å². The molecule has 0 N–H and O–H groups in total. The number of fused-ring (bicyclic) bond motifs is 1. The molecule has 1 fully saturated rings. The predicted octanol–water partition coefficient (Wildman–Crippen LogP) is 3.21. The number of methoxy groups -OCH3 is 1. The Morgan fingerprint density at radius 3 is 2.89 bits per heavy atom. The number of hydrogen-bond donors (Lipinski definition) is 0. The van der Waals surface area contributed by atoms with Crippen LogP contribution in [0.1, 0.15) is 48.4 Å². The van der Waals surface area contributed by atoms with Crippen molar-refractivity contribution in [1.29, 1.82) is 0 Å². The number of aromatic nitrogens is 4. The van der Waals surface area contributed by atoms with E-state index in [2.05, 4.69) is 34.8 Å².